The smallest absolute Gasteiger partial charge is 0.325 e. The van der Waals surface area contributed by atoms with E-state index in [9.17, 15) is 9.59 Å². The largest absolute Gasteiger partial charge is 0.468 e. The molecule has 0 saturated heterocycles. The van der Waals surface area contributed by atoms with Crippen LogP contribution in [-0.4, -0.2) is 37.0 Å². The van der Waals surface area contributed by atoms with Crippen molar-refractivity contribution in [2.75, 3.05) is 20.2 Å². The summed E-state index contributed by atoms with van der Waals surface area (Å²) in [6, 6.07) is 7.46. The molecule has 4 heteroatoms. The molecule has 0 bridgehead atoms. The predicted molar refractivity (Wildman–Crippen MR) is 69.4 cm³/mol. The fraction of sp³-hybridized carbons (Fsp3) is 0.429. The normalized spacial score (nSPS) is 9.94. The number of carbonyl (C=O) groups excluding carboxylic acids is 2. The minimum absolute atomic E-state index is 0.0100. The van der Waals surface area contributed by atoms with Crippen LogP contribution in [0, 0.1) is 0 Å². The van der Waals surface area contributed by atoms with Crippen LogP contribution in [0.2, 0.25) is 0 Å². The van der Waals surface area contributed by atoms with Gasteiger partial charge in [-0.3, -0.25) is 9.59 Å². The molecule has 1 amide bonds. The molecule has 0 aliphatic rings. The first-order valence-corrected chi connectivity index (χ1v) is 6.08. The Bertz CT molecular complexity index is 429. The zero-order chi connectivity index (χ0) is 13.5. The fourth-order valence-corrected chi connectivity index (χ4v) is 1.76. The van der Waals surface area contributed by atoms with Crippen LogP contribution >= 0.6 is 0 Å². The van der Waals surface area contributed by atoms with E-state index in [1.54, 1.807) is 6.07 Å². The Balaban J connectivity index is 2.92. The maximum absolute atomic E-state index is 12.3. The summed E-state index contributed by atoms with van der Waals surface area (Å²) < 4.78 is 4.59. The Morgan fingerprint density at radius 3 is 2.44 bits per heavy atom. The molecule has 0 radical (unpaired) electrons. The zero-order valence-corrected chi connectivity index (χ0v) is 11.1. The first kappa shape index (κ1) is 14.2. The van der Waals surface area contributed by atoms with Gasteiger partial charge in [-0.25, -0.2) is 0 Å². The SMILES string of the molecule is CCc1ccccc1C(=O)N(CC)CC(=O)OC. The van der Waals surface area contributed by atoms with Crippen LogP contribution in [0.25, 0.3) is 0 Å². The molecule has 0 spiro atoms. The van der Waals surface area contributed by atoms with E-state index in [1.807, 2.05) is 32.0 Å². The maximum Gasteiger partial charge on any atom is 0.325 e. The Hall–Kier alpha value is -1.84. The van der Waals surface area contributed by atoms with E-state index < -0.39 is 5.97 Å². The summed E-state index contributed by atoms with van der Waals surface area (Å²) in [5, 5.41) is 0. The zero-order valence-electron chi connectivity index (χ0n) is 11.1. The molecule has 0 aliphatic heterocycles. The van der Waals surface area contributed by atoms with Crippen LogP contribution < -0.4 is 0 Å². The highest BCUT2D eigenvalue weighted by atomic mass is 16.5. The minimum Gasteiger partial charge on any atom is -0.468 e. The van der Waals surface area contributed by atoms with Gasteiger partial charge in [-0.15, -0.1) is 0 Å². The molecule has 0 N–H and O–H groups in total. The van der Waals surface area contributed by atoms with Gasteiger partial charge in [0.15, 0.2) is 0 Å². The van der Waals surface area contributed by atoms with Crippen molar-refractivity contribution in [1.29, 1.82) is 0 Å². The number of rotatable bonds is 5. The third kappa shape index (κ3) is 3.32. The lowest BCUT2D eigenvalue weighted by molar-refractivity contribution is -0.141. The molecular weight excluding hydrogens is 230 g/mol. The summed E-state index contributed by atoms with van der Waals surface area (Å²) in [5.74, 6) is -0.528. The van der Waals surface area contributed by atoms with E-state index >= 15 is 0 Å². The van der Waals surface area contributed by atoms with E-state index in [4.69, 9.17) is 0 Å². The summed E-state index contributed by atoms with van der Waals surface area (Å²) in [6.45, 7) is 4.31. The Kier molecular flexibility index (Phi) is 5.36. The standard InChI is InChI=1S/C14H19NO3/c1-4-11-8-6-7-9-12(11)14(17)15(5-2)10-13(16)18-3/h6-9H,4-5,10H2,1-3H3. The van der Waals surface area contributed by atoms with Crippen molar-refractivity contribution in [3.63, 3.8) is 0 Å². The van der Waals surface area contributed by atoms with Gasteiger partial charge in [-0.05, 0) is 25.0 Å². The summed E-state index contributed by atoms with van der Waals surface area (Å²) in [4.78, 5) is 25.1. The number of hydrogen-bond donors (Lipinski definition) is 0. The first-order valence-electron chi connectivity index (χ1n) is 6.08. The summed E-state index contributed by atoms with van der Waals surface area (Å²) in [5.41, 5.74) is 1.65. The number of nitrogens with zero attached hydrogens (tertiary/aromatic N) is 1. The topological polar surface area (TPSA) is 46.6 Å². The van der Waals surface area contributed by atoms with E-state index in [1.165, 1.54) is 12.0 Å². The van der Waals surface area contributed by atoms with Crippen LogP contribution in [0.5, 0.6) is 0 Å². The molecule has 0 unspecified atom stereocenters. The van der Waals surface area contributed by atoms with E-state index in [0.717, 1.165) is 12.0 Å². The number of likely N-dealkylation sites (N-methyl/N-ethyl adjacent to an activating group) is 1. The van der Waals surface area contributed by atoms with Gasteiger partial charge in [-0.1, -0.05) is 25.1 Å². The van der Waals surface area contributed by atoms with Crippen molar-refractivity contribution in [3.05, 3.63) is 35.4 Å². The van der Waals surface area contributed by atoms with Crippen LogP contribution in [0.3, 0.4) is 0 Å². The highest BCUT2D eigenvalue weighted by Crippen LogP contribution is 2.12. The van der Waals surface area contributed by atoms with Gasteiger partial charge in [0.25, 0.3) is 5.91 Å². The molecule has 1 aromatic carbocycles. The number of benzene rings is 1. The highest BCUT2D eigenvalue weighted by Gasteiger charge is 2.19. The maximum atomic E-state index is 12.3. The molecule has 4 nitrogen and oxygen atoms in total. The van der Waals surface area contributed by atoms with Crippen molar-refractivity contribution in [1.82, 2.24) is 4.90 Å². The van der Waals surface area contributed by atoms with Crippen LogP contribution in [0.4, 0.5) is 0 Å². The Labute approximate surface area is 108 Å². The third-order valence-corrected chi connectivity index (χ3v) is 2.85. The van der Waals surface area contributed by atoms with Crippen molar-refractivity contribution in [2.45, 2.75) is 20.3 Å². The van der Waals surface area contributed by atoms with Gasteiger partial charge in [0.1, 0.15) is 6.54 Å². The lowest BCUT2D eigenvalue weighted by Crippen LogP contribution is -2.36. The monoisotopic (exact) mass is 249 g/mol. The fourth-order valence-electron chi connectivity index (χ4n) is 1.76. The van der Waals surface area contributed by atoms with E-state index in [2.05, 4.69) is 4.74 Å². The number of carbonyl (C=O) groups is 2. The predicted octanol–water partition coefficient (Wildman–Crippen LogP) is 1.88. The second-order valence-corrected chi connectivity index (χ2v) is 3.91. The van der Waals surface area contributed by atoms with Gasteiger partial charge in [0.05, 0.1) is 7.11 Å². The van der Waals surface area contributed by atoms with Gasteiger partial charge >= 0.3 is 5.97 Å². The molecule has 0 aromatic heterocycles. The van der Waals surface area contributed by atoms with Crippen molar-refractivity contribution >= 4 is 11.9 Å². The summed E-state index contributed by atoms with van der Waals surface area (Å²) >= 11 is 0. The second kappa shape index (κ2) is 6.79. The van der Waals surface area contributed by atoms with Crippen LogP contribution in [0.1, 0.15) is 29.8 Å². The minimum atomic E-state index is -0.404. The molecule has 0 heterocycles. The Morgan fingerprint density at radius 2 is 1.89 bits per heavy atom. The van der Waals surface area contributed by atoms with Gasteiger partial charge in [0, 0.05) is 12.1 Å². The number of amides is 1. The molecule has 18 heavy (non-hydrogen) atoms. The van der Waals surface area contributed by atoms with Crippen molar-refractivity contribution in [2.24, 2.45) is 0 Å². The number of esters is 1. The average Bonchev–Trinajstić information content (AvgIpc) is 2.43. The van der Waals surface area contributed by atoms with Crippen LogP contribution in [0.15, 0.2) is 24.3 Å². The molecule has 0 fully saturated rings. The first-order chi connectivity index (χ1) is 8.63. The van der Waals surface area contributed by atoms with E-state index in [0.29, 0.717) is 12.1 Å². The van der Waals surface area contributed by atoms with Gasteiger partial charge in [0.2, 0.25) is 0 Å². The molecule has 1 aromatic rings. The van der Waals surface area contributed by atoms with Gasteiger partial charge < -0.3 is 9.64 Å². The number of aryl methyl sites for hydroxylation is 1. The lowest BCUT2D eigenvalue weighted by atomic mass is 10.0. The summed E-state index contributed by atoms with van der Waals surface area (Å²) in [7, 11) is 1.32. The molecule has 0 atom stereocenters. The Morgan fingerprint density at radius 1 is 1.22 bits per heavy atom. The third-order valence-electron chi connectivity index (χ3n) is 2.85. The van der Waals surface area contributed by atoms with Crippen molar-refractivity contribution in [3.8, 4) is 0 Å². The number of methoxy groups -OCH3 is 1. The number of ether oxygens (including phenoxy) is 1. The number of hydrogen-bond acceptors (Lipinski definition) is 3. The highest BCUT2D eigenvalue weighted by molar-refractivity contribution is 5.97. The van der Waals surface area contributed by atoms with Crippen molar-refractivity contribution < 1.29 is 14.3 Å². The second-order valence-electron chi connectivity index (χ2n) is 3.91. The van der Waals surface area contributed by atoms with E-state index in [-0.39, 0.29) is 12.5 Å². The summed E-state index contributed by atoms with van der Waals surface area (Å²) in [6.07, 6.45) is 0.789. The average molecular weight is 249 g/mol. The molecular formula is C14H19NO3. The van der Waals surface area contributed by atoms with Crippen LogP contribution in [-0.2, 0) is 16.0 Å². The van der Waals surface area contributed by atoms with Gasteiger partial charge in [-0.2, -0.15) is 0 Å². The molecule has 0 saturated carbocycles. The lowest BCUT2D eigenvalue weighted by Gasteiger charge is -2.20. The quantitative estimate of drug-likeness (QED) is 0.749. The molecule has 0 aliphatic carbocycles. The molecule has 1 rings (SSSR count). The molecule has 98 valence electrons.